The van der Waals surface area contributed by atoms with E-state index in [4.69, 9.17) is 0 Å². The predicted molar refractivity (Wildman–Crippen MR) is 125 cm³/mol. The van der Waals surface area contributed by atoms with E-state index in [1.807, 2.05) is 0 Å². The number of benzene rings is 2. The number of nitrogens with one attached hydrogen (secondary N) is 1. The van der Waals surface area contributed by atoms with Gasteiger partial charge < -0.3 is 10.4 Å². The van der Waals surface area contributed by atoms with Crippen LogP contribution in [0.4, 0.5) is 13.2 Å². The number of aromatic hydroxyl groups is 1. The van der Waals surface area contributed by atoms with Gasteiger partial charge in [0.2, 0.25) is 0 Å². The summed E-state index contributed by atoms with van der Waals surface area (Å²) in [6, 6.07) is 14.0. The summed E-state index contributed by atoms with van der Waals surface area (Å²) in [5.41, 5.74) is -1.68. The standard InChI is InChI=1S/C26H26F3N3O3/c1-30-24(35)20-22(33)23(34)21(17-9-4-2-5-10-17)32(31-20)16-25(13-6-3-7-14-25)18-11-8-12-19(15-18)26(27,28)29/h2,4-5,8-12,15,34H,3,6-7,13-14,16H2,1H3,(H,30,35). The highest BCUT2D eigenvalue weighted by molar-refractivity contribution is 5.92. The first kappa shape index (κ1) is 24.5. The van der Waals surface area contributed by atoms with Crippen molar-refractivity contribution in [3.63, 3.8) is 0 Å². The summed E-state index contributed by atoms with van der Waals surface area (Å²) in [6.07, 6.45) is -0.699. The zero-order chi connectivity index (χ0) is 25.2. The molecule has 0 radical (unpaired) electrons. The van der Waals surface area contributed by atoms with E-state index in [1.165, 1.54) is 23.9 Å². The molecule has 184 valence electrons. The summed E-state index contributed by atoms with van der Waals surface area (Å²) >= 11 is 0. The van der Waals surface area contributed by atoms with Gasteiger partial charge >= 0.3 is 6.18 Å². The Kier molecular flexibility index (Phi) is 6.69. The highest BCUT2D eigenvalue weighted by atomic mass is 19.4. The molecule has 1 amide bonds. The van der Waals surface area contributed by atoms with E-state index in [1.54, 1.807) is 36.4 Å². The summed E-state index contributed by atoms with van der Waals surface area (Å²) in [5, 5.41) is 17.6. The molecule has 1 aliphatic rings. The van der Waals surface area contributed by atoms with Crippen LogP contribution in [-0.4, -0.2) is 27.8 Å². The zero-order valence-corrected chi connectivity index (χ0v) is 19.2. The molecule has 0 spiro atoms. The van der Waals surface area contributed by atoms with Crippen molar-refractivity contribution >= 4 is 5.91 Å². The molecule has 1 aliphatic carbocycles. The van der Waals surface area contributed by atoms with Crippen LogP contribution in [0.15, 0.2) is 59.4 Å². The number of amides is 1. The summed E-state index contributed by atoms with van der Waals surface area (Å²) in [7, 11) is 1.35. The Bertz CT molecular complexity index is 1280. The minimum absolute atomic E-state index is 0.0936. The molecule has 9 heteroatoms. The first-order valence-corrected chi connectivity index (χ1v) is 11.5. The Labute approximate surface area is 200 Å². The molecule has 2 aromatic carbocycles. The van der Waals surface area contributed by atoms with Crippen LogP contribution >= 0.6 is 0 Å². The van der Waals surface area contributed by atoms with Crippen LogP contribution in [0.2, 0.25) is 0 Å². The fourth-order valence-corrected chi connectivity index (χ4v) is 4.90. The Morgan fingerprint density at radius 3 is 2.40 bits per heavy atom. The maximum Gasteiger partial charge on any atom is 0.416 e. The number of nitrogens with zero attached hydrogens (tertiary/aromatic N) is 2. The minimum atomic E-state index is -4.48. The van der Waals surface area contributed by atoms with E-state index in [0.29, 0.717) is 24.0 Å². The molecule has 0 saturated heterocycles. The van der Waals surface area contributed by atoms with Gasteiger partial charge in [-0.1, -0.05) is 67.8 Å². The summed E-state index contributed by atoms with van der Waals surface area (Å²) < 4.78 is 42.0. The van der Waals surface area contributed by atoms with Gasteiger partial charge in [-0.15, -0.1) is 0 Å². The van der Waals surface area contributed by atoms with E-state index >= 15 is 0 Å². The van der Waals surface area contributed by atoms with Gasteiger partial charge in [-0.2, -0.15) is 18.3 Å². The Morgan fingerprint density at radius 1 is 1.09 bits per heavy atom. The highest BCUT2D eigenvalue weighted by Crippen LogP contribution is 2.43. The summed E-state index contributed by atoms with van der Waals surface area (Å²) in [5.74, 6) is -1.38. The molecule has 0 bridgehead atoms. The summed E-state index contributed by atoms with van der Waals surface area (Å²) in [4.78, 5) is 25.2. The monoisotopic (exact) mass is 485 g/mol. The van der Waals surface area contributed by atoms with Gasteiger partial charge in [-0.3, -0.25) is 14.3 Å². The molecule has 0 aliphatic heterocycles. The van der Waals surface area contributed by atoms with Crippen molar-refractivity contribution in [3.8, 4) is 17.0 Å². The fraction of sp³-hybridized carbons (Fsp3) is 0.346. The second-order valence-electron chi connectivity index (χ2n) is 8.90. The van der Waals surface area contributed by atoms with Crippen LogP contribution in [0.3, 0.4) is 0 Å². The molecule has 1 fully saturated rings. The van der Waals surface area contributed by atoms with Gasteiger partial charge in [0, 0.05) is 18.0 Å². The lowest BCUT2D eigenvalue weighted by molar-refractivity contribution is -0.137. The topological polar surface area (TPSA) is 84.2 Å². The van der Waals surface area contributed by atoms with Crippen LogP contribution < -0.4 is 10.7 Å². The molecule has 1 heterocycles. The molecule has 2 N–H and O–H groups in total. The third-order valence-corrected chi connectivity index (χ3v) is 6.69. The average Bonchev–Trinajstić information content (AvgIpc) is 2.86. The van der Waals surface area contributed by atoms with E-state index in [2.05, 4.69) is 10.4 Å². The van der Waals surface area contributed by atoms with Crippen LogP contribution in [0.1, 0.15) is 53.7 Å². The third kappa shape index (κ3) is 4.80. The van der Waals surface area contributed by atoms with Crippen molar-refractivity contribution in [3.05, 3.63) is 81.6 Å². The first-order valence-electron chi connectivity index (χ1n) is 11.5. The van der Waals surface area contributed by atoms with Crippen molar-refractivity contribution in [1.82, 2.24) is 15.1 Å². The van der Waals surface area contributed by atoms with Crippen molar-refractivity contribution in [1.29, 1.82) is 0 Å². The van der Waals surface area contributed by atoms with Crippen LogP contribution in [0.25, 0.3) is 11.3 Å². The Balaban J connectivity index is 1.93. The van der Waals surface area contributed by atoms with Crippen LogP contribution in [0.5, 0.6) is 5.75 Å². The number of alkyl halides is 3. The van der Waals surface area contributed by atoms with Crippen LogP contribution in [-0.2, 0) is 18.1 Å². The van der Waals surface area contributed by atoms with E-state index in [-0.39, 0.29) is 12.2 Å². The van der Waals surface area contributed by atoms with Gasteiger partial charge in [0.05, 0.1) is 12.1 Å². The van der Waals surface area contributed by atoms with Crippen LogP contribution in [0, 0.1) is 0 Å². The maximum absolute atomic E-state index is 13.5. The highest BCUT2D eigenvalue weighted by Gasteiger charge is 2.38. The molecule has 1 aromatic heterocycles. The van der Waals surface area contributed by atoms with E-state index in [0.717, 1.165) is 25.3 Å². The molecule has 3 aromatic rings. The average molecular weight is 486 g/mol. The van der Waals surface area contributed by atoms with Crippen molar-refractivity contribution in [2.45, 2.75) is 50.2 Å². The quantitative estimate of drug-likeness (QED) is 0.539. The molecule has 4 rings (SSSR count). The number of halogens is 3. The second kappa shape index (κ2) is 9.56. The normalized spacial score (nSPS) is 15.5. The van der Waals surface area contributed by atoms with Gasteiger partial charge in [0.15, 0.2) is 11.4 Å². The largest absolute Gasteiger partial charge is 0.503 e. The zero-order valence-electron chi connectivity index (χ0n) is 19.2. The molecule has 0 unspecified atom stereocenters. The van der Waals surface area contributed by atoms with E-state index in [9.17, 15) is 27.9 Å². The number of hydrogen-bond donors (Lipinski definition) is 2. The number of aromatic nitrogens is 2. The lowest BCUT2D eigenvalue weighted by Crippen LogP contribution is -2.37. The molecule has 6 nitrogen and oxygen atoms in total. The Hall–Kier alpha value is -3.62. The lowest BCUT2D eigenvalue weighted by atomic mass is 9.69. The number of carbonyl (C=O) groups is 1. The third-order valence-electron chi connectivity index (χ3n) is 6.69. The number of rotatable bonds is 5. The predicted octanol–water partition coefficient (Wildman–Crippen LogP) is 4.90. The number of hydrogen-bond acceptors (Lipinski definition) is 4. The molecule has 0 atom stereocenters. The minimum Gasteiger partial charge on any atom is -0.503 e. The fourth-order valence-electron chi connectivity index (χ4n) is 4.90. The second-order valence-corrected chi connectivity index (χ2v) is 8.90. The number of carbonyl (C=O) groups excluding carboxylic acids is 1. The molecular weight excluding hydrogens is 459 g/mol. The van der Waals surface area contributed by atoms with Gasteiger partial charge in [0.1, 0.15) is 5.69 Å². The van der Waals surface area contributed by atoms with Gasteiger partial charge in [0.25, 0.3) is 11.3 Å². The van der Waals surface area contributed by atoms with Gasteiger partial charge in [-0.05, 0) is 24.5 Å². The maximum atomic E-state index is 13.5. The molecule has 35 heavy (non-hydrogen) atoms. The van der Waals surface area contributed by atoms with Crippen molar-refractivity contribution < 1.29 is 23.1 Å². The first-order chi connectivity index (χ1) is 16.7. The van der Waals surface area contributed by atoms with Gasteiger partial charge in [-0.25, -0.2) is 0 Å². The Morgan fingerprint density at radius 2 is 1.77 bits per heavy atom. The van der Waals surface area contributed by atoms with E-state index < -0.39 is 39.9 Å². The molecular formula is C26H26F3N3O3. The molecule has 1 saturated carbocycles. The van der Waals surface area contributed by atoms with Crippen molar-refractivity contribution in [2.75, 3.05) is 7.05 Å². The smallest absolute Gasteiger partial charge is 0.416 e. The SMILES string of the molecule is CNC(=O)c1nn(CC2(c3cccc(C(F)(F)F)c3)CCCCC2)c(-c2ccccc2)c(O)c1=O. The lowest BCUT2D eigenvalue weighted by Gasteiger charge is -2.39. The summed E-state index contributed by atoms with van der Waals surface area (Å²) in [6.45, 7) is 0.0936. The van der Waals surface area contributed by atoms with Crippen molar-refractivity contribution in [2.24, 2.45) is 0 Å².